The number of ether oxygens (including phenoxy) is 3. The Bertz CT molecular complexity index is 441. The Morgan fingerprint density at radius 3 is 1.77 bits per heavy atom. The predicted octanol–water partition coefficient (Wildman–Crippen LogP) is 4.61. The van der Waals surface area contributed by atoms with Gasteiger partial charge in [0.05, 0.1) is 19.8 Å². The van der Waals surface area contributed by atoms with Gasteiger partial charge in [0.2, 0.25) is 0 Å². The fourth-order valence-electron chi connectivity index (χ4n) is 2.85. The summed E-state index contributed by atoms with van der Waals surface area (Å²) in [6.07, 6.45) is 9.56. The van der Waals surface area contributed by atoms with Gasteiger partial charge in [-0.1, -0.05) is 19.8 Å². The van der Waals surface area contributed by atoms with Crippen LogP contribution < -0.4 is 5.32 Å². The minimum atomic E-state index is -0.376. The average Bonchev–Trinajstić information content (AvgIpc) is 2.73. The number of nitrogens with one attached hydrogen (secondary N) is 1. The molecule has 0 rings (SSSR count). The third-order valence-corrected chi connectivity index (χ3v) is 4.68. The van der Waals surface area contributed by atoms with Crippen LogP contribution in [0.5, 0.6) is 0 Å². The van der Waals surface area contributed by atoms with E-state index in [9.17, 15) is 14.4 Å². The van der Waals surface area contributed by atoms with E-state index < -0.39 is 0 Å². The van der Waals surface area contributed by atoms with Crippen LogP contribution in [0.4, 0.5) is 4.79 Å². The Morgan fingerprint density at radius 2 is 1.17 bits per heavy atom. The Kier molecular flexibility index (Phi) is 21.1. The lowest BCUT2D eigenvalue weighted by molar-refractivity contribution is -0.119. The summed E-state index contributed by atoms with van der Waals surface area (Å²) < 4.78 is 15.8. The molecule has 0 saturated heterocycles. The van der Waals surface area contributed by atoms with Crippen LogP contribution in [0.25, 0.3) is 0 Å². The van der Waals surface area contributed by atoms with Crippen molar-refractivity contribution in [3.8, 4) is 0 Å². The van der Waals surface area contributed by atoms with E-state index in [0.717, 1.165) is 58.0 Å². The van der Waals surface area contributed by atoms with Gasteiger partial charge in [-0.2, -0.15) is 0 Å². The molecule has 0 aromatic heterocycles. The quantitative estimate of drug-likeness (QED) is 0.253. The van der Waals surface area contributed by atoms with Crippen LogP contribution in [0.3, 0.4) is 0 Å². The molecule has 7 nitrogen and oxygen atoms in total. The molecule has 0 aromatic carbocycles. The molecule has 0 unspecified atom stereocenters. The highest BCUT2D eigenvalue weighted by Gasteiger charge is 2.03. The summed E-state index contributed by atoms with van der Waals surface area (Å²) in [7, 11) is 0. The van der Waals surface area contributed by atoms with E-state index in [1.807, 2.05) is 6.92 Å². The van der Waals surface area contributed by atoms with E-state index in [1.54, 1.807) is 6.92 Å². The van der Waals surface area contributed by atoms with Crippen LogP contribution in [0, 0.1) is 0 Å². The molecule has 0 aliphatic heterocycles. The minimum Gasteiger partial charge on any atom is -0.450 e. The summed E-state index contributed by atoms with van der Waals surface area (Å²) in [5, 5.41) is 2.67. The van der Waals surface area contributed by atoms with Gasteiger partial charge in [-0.3, -0.25) is 9.59 Å². The van der Waals surface area contributed by atoms with Crippen LogP contribution in [0.1, 0.15) is 90.9 Å². The molecule has 0 radical (unpaired) electrons. The SMILES string of the molecule is CCOC(=O)NCCCCCC(=O)CCCCOCCOCCCCCC(=O)CC. The summed E-state index contributed by atoms with van der Waals surface area (Å²) >= 11 is 0. The normalized spacial score (nSPS) is 10.7. The van der Waals surface area contributed by atoms with Crippen LogP contribution in [0.15, 0.2) is 0 Å². The number of unbranched alkanes of at least 4 members (excludes halogenated alkanes) is 5. The molecule has 30 heavy (non-hydrogen) atoms. The number of hydrogen-bond acceptors (Lipinski definition) is 6. The number of hydrogen-bond donors (Lipinski definition) is 1. The number of carbonyl (C=O) groups is 3. The summed E-state index contributed by atoms with van der Waals surface area (Å²) in [6, 6.07) is 0. The van der Waals surface area contributed by atoms with E-state index >= 15 is 0 Å². The van der Waals surface area contributed by atoms with Crippen LogP contribution >= 0.6 is 0 Å². The zero-order valence-electron chi connectivity index (χ0n) is 19.2. The Morgan fingerprint density at radius 1 is 0.633 bits per heavy atom. The Labute approximate surface area is 182 Å². The maximum absolute atomic E-state index is 11.8. The maximum Gasteiger partial charge on any atom is 0.407 e. The first-order valence-electron chi connectivity index (χ1n) is 11.7. The van der Waals surface area contributed by atoms with Crippen molar-refractivity contribution in [3.63, 3.8) is 0 Å². The van der Waals surface area contributed by atoms with E-state index in [4.69, 9.17) is 14.2 Å². The fourth-order valence-corrected chi connectivity index (χ4v) is 2.85. The van der Waals surface area contributed by atoms with Crippen molar-refractivity contribution in [2.24, 2.45) is 0 Å². The van der Waals surface area contributed by atoms with Gasteiger partial charge in [0.15, 0.2) is 0 Å². The van der Waals surface area contributed by atoms with Gasteiger partial charge in [0, 0.05) is 45.4 Å². The standard InChI is InChI=1S/C23H43NO6/c1-3-21(25)13-8-6-11-17-28-19-20-29-18-12-9-15-22(26)14-7-5-10-16-24-23(27)30-4-2/h3-20H2,1-2H3,(H,24,27). The van der Waals surface area contributed by atoms with E-state index in [-0.39, 0.29) is 6.09 Å². The molecule has 0 aliphatic carbocycles. The van der Waals surface area contributed by atoms with Crippen LogP contribution in [-0.4, -0.2) is 57.2 Å². The van der Waals surface area contributed by atoms with Crippen molar-refractivity contribution in [2.45, 2.75) is 90.9 Å². The smallest absolute Gasteiger partial charge is 0.407 e. The fraction of sp³-hybridized carbons (Fsp3) is 0.870. The van der Waals surface area contributed by atoms with Crippen molar-refractivity contribution in [1.29, 1.82) is 0 Å². The molecular weight excluding hydrogens is 386 g/mol. The van der Waals surface area contributed by atoms with Crippen LogP contribution in [0.2, 0.25) is 0 Å². The molecule has 176 valence electrons. The van der Waals surface area contributed by atoms with Gasteiger partial charge >= 0.3 is 6.09 Å². The van der Waals surface area contributed by atoms with Crippen LogP contribution in [-0.2, 0) is 23.8 Å². The van der Waals surface area contributed by atoms with Crippen molar-refractivity contribution in [3.05, 3.63) is 0 Å². The average molecular weight is 430 g/mol. The van der Waals surface area contributed by atoms with Crippen molar-refractivity contribution < 1.29 is 28.6 Å². The molecule has 1 N–H and O–H groups in total. The molecular formula is C23H43NO6. The van der Waals surface area contributed by atoms with Gasteiger partial charge < -0.3 is 19.5 Å². The molecule has 0 fully saturated rings. The number of amides is 1. The van der Waals surface area contributed by atoms with E-state index in [2.05, 4.69) is 5.32 Å². The first-order valence-corrected chi connectivity index (χ1v) is 11.7. The lowest BCUT2D eigenvalue weighted by Gasteiger charge is -2.06. The largest absolute Gasteiger partial charge is 0.450 e. The summed E-state index contributed by atoms with van der Waals surface area (Å²) in [6.45, 7) is 7.21. The molecule has 0 aromatic rings. The molecule has 0 atom stereocenters. The third-order valence-electron chi connectivity index (χ3n) is 4.68. The molecule has 0 saturated carbocycles. The Hall–Kier alpha value is -1.47. The van der Waals surface area contributed by atoms with Gasteiger partial charge in [-0.15, -0.1) is 0 Å². The number of Topliss-reactive ketones (excluding diaryl/α,β-unsaturated/α-hetero) is 2. The molecule has 0 spiro atoms. The predicted molar refractivity (Wildman–Crippen MR) is 118 cm³/mol. The second kappa shape index (κ2) is 22.2. The number of rotatable bonds is 22. The lowest BCUT2D eigenvalue weighted by Crippen LogP contribution is -2.25. The highest BCUT2D eigenvalue weighted by molar-refractivity contribution is 5.78. The number of carbonyl (C=O) groups excluding carboxylic acids is 3. The maximum atomic E-state index is 11.8. The zero-order chi connectivity index (χ0) is 22.3. The summed E-state index contributed by atoms with van der Waals surface area (Å²) in [4.78, 5) is 34.1. The Balaban J connectivity index is 3.23. The van der Waals surface area contributed by atoms with Gasteiger partial charge in [0.25, 0.3) is 0 Å². The topological polar surface area (TPSA) is 90.9 Å². The first-order chi connectivity index (χ1) is 14.6. The molecule has 7 heteroatoms. The number of alkyl carbamates (subject to hydrolysis) is 1. The van der Waals surface area contributed by atoms with Gasteiger partial charge in [-0.05, 0) is 45.4 Å². The molecule has 0 bridgehead atoms. The lowest BCUT2D eigenvalue weighted by atomic mass is 10.1. The molecule has 1 amide bonds. The highest BCUT2D eigenvalue weighted by atomic mass is 16.5. The molecule has 0 heterocycles. The highest BCUT2D eigenvalue weighted by Crippen LogP contribution is 2.06. The summed E-state index contributed by atoms with van der Waals surface area (Å²) in [5.74, 6) is 0.642. The van der Waals surface area contributed by atoms with Crippen molar-refractivity contribution in [2.75, 3.05) is 39.6 Å². The molecule has 0 aliphatic rings. The van der Waals surface area contributed by atoms with Crippen molar-refractivity contribution >= 4 is 17.7 Å². The first kappa shape index (κ1) is 28.5. The van der Waals surface area contributed by atoms with Gasteiger partial charge in [-0.25, -0.2) is 4.79 Å². The van der Waals surface area contributed by atoms with E-state index in [0.29, 0.717) is 70.2 Å². The van der Waals surface area contributed by atoms with E-state index in [1.165, 1.54) is 0 Å². The second-order valence-electron chi connectivity index (χ2n) is 7.38. The third kappa shape index (κ3) is 21.2. The van der Waals surface area contributed by atoms with Crippen molar-refractivity contribution in [1.82, 2.24) is 5.32 Å². The monoisotopic (exact) mass is 429 g/mol. The summed E-state index contributed by atoms with van der Waals surface area (Å²) in [5.41, 5.74) is 0. The minimum absolute atomic E-state index is 0.303. The second-order valence-corrected chi connectivity index (χ2v) is 7.38. The van der Waals surface area contributed by atoms with Gasteiger partial charge in [0.1, 0.15) is 11.6 Å². The number of ketones is 2. The zero-order valence-corrected chi connectivity index (χ0v) is 19.2.